The van der Waals surface area contributed by atoms with Crippen molar-refractivity contribution >= 4 is 38.9 Å². The molecule has 2 heterocycles. The molecule has 1 aromatic heterocycles. The number of imidazole rings is 1. The normalized spacial score (nSPS) is 14.7. The van der Waals surface area contributed by atoms with Crippen LogP contribution in [0.5, 0.6) is 0 Å². The zero-order valence-electron chi connectivity index (χ0n) is 18.8. The number of nitrogens with zero attached hydrogens (tertiary/aromatic N) is 5. The summed E-state index contributed by atoms with van der Waals surface area (Å²) in [5, 5.41) is 9.57. The van der Waals surface area contributed by atoms with Gasteiger partial charge in [0.25, 0.3) is 0 Å². The fraction of sp³-hybridized carbons (Fsp3) is 0.308. The Labute approximate surface area is 183 Å². The molecule has 0 amide bonds. The summed E-state index contributed by atoms with van der Waals surface area (Å²) in [6.45, 7) is 4.38. The van der Waals surface area contributed by atoms with Gasteiger partial charge in [0.2, 0.25) is 0 Å². The third kappa shape index (κ3) is 3.25. The maximum Gasteiger partial charge on any atom is 0.305 e. The van der Waals surface area contributed by atoms with E-state index < -0.39 is 0 Å². The predicted octanol–water partition coefficient (Wildman–Crippen LogP) is 4.62. The van der Waals surface area contributed by atoms with E-state index in [0.29, 0.717) is 0 Å². The number of aryl methyl sites for hydroxylation is 2. The van der Waals surface area contributed by atoms with E-state index in [9.17, 15) is 0 Å². The van der Waals surface area contributed by atoms with Crippen LogP contribution in [0.1, 0.15) is 25.6 Å². The molecule has 0 atom stereocenters. The molecule has 4 aromatic rings. The molecule has 158 valence electrons. The van der Waals surface area contributed by atoms with E-state index in [1.165, 1.54) is 40.3 Å². The Kier molecular flexibility index (Phi) is 4.89. The smallest absolute Gasteiger partial charge is 0.305 e. The highest BCUT2D eigenvalue weighted by atomic mass is 15.4. The zero-order valence-corrected chi connectivity index (χ0v) is 18.8. The van der Waals surface area contributed by atoms with Crippen LogP contribution in [0, 0.1) is 0 Å². The van der Waals surface area contributed by atoms with E-state index >= 15 is 0 Å². The SMILES string of the molecule is C/C(=N\N(C)c1ccc(N2CCCC2)c2ccccc12)c1n(C)c2ccccc2[n+]1C. The molecule has 0 saturated carbocycles. The maximum absolute atomic E-state index is 5.01. The zero-order chi connectivity index (χ0) is 21.5. The van der Waals surface area contributed by atoms with Crippen molar-refractivity contribution in [2.45, 2.75) is 19.8 Å². The highest BCUT2D eigenvalue weighted by Gasteiger charge is 2.23. The lowest BCUT2D eigenvalue weighted by Gasteiger charge is -2.23. The van der Waals surface area contributed by atoms with Gasteiger partial charge in [0.1, 0.15) is 5.71 Å². The Morgan fingerprint density at radius 1 is 0.935 bits per heavy atom. The number of para-hydroxylation sites is 2. The molecule has 0 bridgehead atoms. The van der Waals surface area contributed by atoms with E-state index in [-0.39, 0.29) is 0 Å². The minimum Gasteiger partial charge on any atom is -0.371 e. The van der Waals surface area contributed by atoms with Crippen molar-refractivity contribution in [2.24, 2.45) is 19.2 Å². The van der Waals surface area contributed by atoms with Crippen molar-refractivity contribution in [3.63, 3.8) is 0 Å². The molecule has 0 spiro atoms. The van der Waals surface area contributed by atoms with Gasteiger partial charge in [-0.25, -0.2) is 9.13 Å². The molecule has 31 heavy (non-hydrogen) atoms. The topological polar surface area (TPSA) is 27.6 Å². The van der Waals surface area contributed by atoms with Gasteiger partial charge in [-0.05, 0) is 44.0 Å². The summed E-state index contributed by atoms with van der Waals surface area (Å²) < 4.78 is 4.44. The largest absolute Gasteiger partial charge is 0.371 e. The molecule has 5 rings (SSSR count). The second-order valence-electron chi connectivity index (χ2n) is 8.48. The second-order valence-corrected chi connectivity index (χ2v) is 8.48. The summed E-state index contributed by atoms with van der Waals surface area (Å²) >= 11 is 0. The van der Waals surface area contributed by atoms with Crippen molar-refractivity contribution in [3.05, 3.63) is 66.5 Å². The van der Waals surface area contributed by atoms with Crippen LogP contribution in [0.2, 0.25) is 0 Å². The Balaban J connectivity index is 1.57. The fourth-order valence-electron chi connectivity index (χ4n) is 5.08. The molecule has 0 aliphatic carbocycles. The summed E-state index contributed by atoms with van der Waals surface area (Å²) in [6.07, 6.45) is 2.56. The van der Waals surface area contributed by atoms with Crippen LogP contribution in [0.4, 0.5) is 11.4 Å². The lowest BCUT2D eigenvalue weighted by atomic mass is 10.1. The van der Waals surface area contributed by atoms with Crippen molar-refractivity contribution in [1.82, 2.24) is 4.57 Å². The van der Waals surface area contributed by atoms with E-state index in [1.807, 2.05) is 12.1 Å². The van der Waals surface area contributed by atoms with Gasteiger partial charge in [0.15, 0.2) is 11.0 Å². The van der Waals surface area contributed by atoms with E-state index in [1.54, 1.807) is 0 Å². The fourth-order valence-corrected chi connectivity index (χ4v) is 5.08. The third-order valence-electron chi connectivity index (χ3n) is 6.54. The van der Waals surface area contributed by atoms with Crippen LogP contribution in [0.3, 0.4) is 0 Å². The molecule has 1 aliphatic rings. The molecule has 0 N–H and O–H groups in total. The first-order valence-corrected chi connectivity index (χ1v) is 11.1. The molecular weight excluding hydrogens is 382 g/mol. The lowest BCUT2D eigenvalue weighted by Crippen LogP contribution is -2.36. The minimum atomic E-state index is 0.983. The Morgan fingerprint density at radius 2 is 1.61 bits per heavy atom. The monoisotopic (exact) mass is 412 g/mol. The van der Waals surface area contributed by atoms with Gasteiger partial charge in [0, 0.05) is 36.6 Å². The molecule has 0 unspecified atom stereocenters. The van der Waals surface area contributed by atoms with Gasteiger partial charge >= 0.3 is 5.82 Å². The molecule has 5 heteroatoms. The average Bonchev–Trinajstić information content (AvgIpc) is 3.40. The number of hydrogen-bond acceptors (Lipinski definition) is 3. The van der Waals surface area contributed by atoms with Crippen LogP contribution in [0.25, 0.3) is 21.8 Å². The van der Waals surface area contributed by atoms with Crippen LogP contribution < -0.4 is 14.5 Å². The average molecular weight is 413 g/mol. The standard InChI is InChI=1S/C26H30N5/c1-19(26-28(2)24-13-7-8-14-25(24)29(26)3)27-30(4)22-15-16-23(31-17-9-10-18-31)21-12-6-5-11-20(21)22/h5-8,11-16H,9-10,17-18H2,1-4H3/q+1. The van der Waals surface area contributed by atoms with Crippen LogP contribution in [0.15, 0.2) is 65.8 Å². The van der Waals surface area contributed by atoms with Crippen molar-refractivity contribution in [2.75, 3.05) is 30.0 Å². The number of hydrazone groups is 1. The Morgan fingerprint density at radius 3 is 2.35 bits per heavy atom. The number of benzene rings is 3. The number of fused-ring (bicyclic) bond motifs is 2. The van der Waals surface area contributed by atoms with Crippen LogP contribution in [-0.2, 0) is 14.1 Å². The molecule has 5 nitrogen and oxygen atoms in total. The second kappa shape index (κ2) is 7.73. The van der Waals surface area contributed by atoms with E-state index in [0.717, 1.165) is 30.3 Å². The quantitative estimate of drug-likeness (QED) is 0.278. The van der Waals surface area contributed by atoms with Crippen molar-refractivity contribution < 1.29 is 4.57 Å². The molecule has 1 aliphatic heterocycles. The summed E-state index contributed by atoms with van der Waals surface area (Å²) in [4.78, 5) is 2.51. The maximum atomic E-state index is 5.01. The number of anilines is 2. The van der Waals surface area contributed by atoms with E-state index in [2.05, 4.69) is 95.7 Å². The van der Waals surface area contributed by atoms with Crippen LogP contribution >= 0.6 is 0 Å². The molecule has 0 radical (unpaired) electrons. The van der Waals surface area contributed by atoms with E-state index in [4.69, 9.17) is 5.10 Å². The van der Waals surface area contributed by atoms with Crippen molar-refractivity contribution in [1.29, 1.82) is 0 Å². The first-order valence-electron chi connectivity index (χ1n) is 11.1. The van der Waals surface area contributed by atoms with Crippen LogP contribution in [-0.4, -0.2) is 30.4 Å². The Bertz CT molecular complexity index is 1260. The van der Waals surface area contributed by atoms with Gasteiger partial charge in [-0.2, -0.15) is 5.10 Å². The number of hydrogen-bond donors (Lipinski definition) is 0. The lowest BCUT2D eigenvalue weighted by molar-refractivity contribution is -0.647. The first kappa shape index (κ1) is 19.6. The number of rotatable bonds is 4. The molecule has 3 aromatic carbocycles. The molecule has 1 fully saturated rings. The summed E-state index contributed by atoms with van der Waals surface area (Å²) in [5.41, 5.74) is 5.86. The highest BCUT2D eigenvalue weighted by molar-refractivity contribution is 6.03. The van der Waals surface area contributed by atoms with Gasteiger partial charge in [-0.3, -0.25) is 5.01 Å². The van der Waals surface area contributed by atoms with Gasteiger partial charge < -0.3 is 4.90 Å². The Hall–Kier alpha value is -3.34. The van der Waals surface area contributed by atoms with Crippen molar-refractivity contribution in [3.8, 4) is 0 Å². The van der Waals surface area contributed by atoms with Gasteiger partial charge in [-0.1, -0.05) is 36.4 Å². The van der Waals surface area contributed by atoms with Gasteiger partial charge in [0.05, 0.1) is 19.8 Å². The predicted molar refractivity (Wildman–Crippen MR) is 130 cm³/mol. The van der Waals surface area contributed by atoms with Gasteiger partial charge in [-0.15, -0.1) is 0 Å². The third-order valence-corrected chi connectivity index (χ3v) is 6.54. The number of aromatic nitrogens is 2. The summed E-state index contributed by atoms with van der Waals surface area (Å²) in [6, 6.07) is 21.7. The summed E-state index contributed by atoms with van der Waals surface area (Å²) in [5.74, 6) is 1.10. The molecule has 1 saturated heterocycles. The minimum absolute atomic E-state index is 0.983. The first-order chi connectivity index (χ1) is 15.1. The highest BCUT2D eigenvalue weighted by Crippen LogP contribution is 2.35. The summed E-state index contributed by atoms with van der Waals surface area (Å²) in [7, 11) is 6.26. The molecular formula is C26H30N5+.